The van der Waals surface area contributed by atoms with Gasteiger partial charge in [-0.3, -0.25) is 10.2 Å². The van der Waals surface area contributed by atoms with Crippen molar-refractivity contribution < 1.29 is 9.53 Å². The second-order valence-corrected chi connectivity index (χ2v) is 4.90. The zero-order chi connectivity index (χ0) is 12.3. The van der Waals surface area contributed by atoms with Crippen LogP contribution in [0, 0.1) is 5.92 Å². The number of esters is 1. The van der Waals surface area contributed by atoms with Crippen LogP contribution in [0.25, 0.3) is 0 Å². The minimum absolute atomic E-state index is 0.155. The van der Waals surface area contributed by atoms with Gasteiger partial charge >= 0.3 is 5.97 Å². The average molecular weight is 243 g/mol. The Morgan fingerprint density at radius 2 is 2.25 bits per heavy atom. The number of carbonyl (C=O) groups is 1. The van der Waals surface area contributed by atoms with E-state index in [0.717, 1.165) is 5.70 Å². The monoisotopic (exact) mass is 243 g/mol. The molecule has 0 unspecified atom stereocenters. The normalized spacial score (nSPS) is 23.8. The zero-order valence-electron chi connectivity index (χ0n) is 9.66. The van der Waals surface area contributed by atoms with Crippen molar-refractivity contribution in [2.24, 2.45) is 11.7 Å². The van der Waals surface area contributed by atoms with Gasteiger partial charge in [0.05, 0.1) is 5.92 Å². The van der Waals surface area contributed by atoms with Gasteiger partial charge in [0, 0.05) is 12.1 Å². The molecular formula is C10H17N3O2S. The molecule has 0 aromatic carbocycles. The van der Waals surface area contributed by atoms with E-state index in [4.69, 9.17) is 10.5 Å². The van der Waals surface area contributed by atoms with Crippen LogP contribution in [0.1, 0.15) is 27.2 Å². The molecule has 0 bridgehead atoms. The van der Waals surface area contributed by atoms with E-state index in [9.17, 15) is 4.79 Å². The Labute approximate surface area is 100 Å². The summed E-state index contributed by atoms with van der Waals surface area (Å²) in [6.07, 6.45) is 2.49. The number of carbonyl (C=O) groups excluding carboxylic acids is 1. The Kier molecular flexibility index (Phi) is 3.74. The fraction of sp³-hybridized carbons (Fsp3) is 0.600. The van der Waals surface area contributed by atoms with Crippen molar-refractivity contribution in [3.05, 3.63) is 11.8 Å². The van der Waals surface area contributed by atoms with E-state index in [1.165, 1.54) is 0 Å². The van der Waals surface area contributed by atoms with Gasteiger partial charge in [-0.15, -0.1) is 0 Å². The lowest BCUT2D eigenvalue weighted by Gasteiger charge is -2.14. The summed E-state index contributed by atoms with van der Waals surface area (Å²) in [7, 11) is 0. The summed E-state index contributed by atoms with van der Waals surface area (Å²) in [6.45, 7) is 5.62. The molecule has 0 aromatic rings. The van der Waals surface area contributed by atoms with E-state index < -0.39 is 0 Å². The number of nitrogens with one attached hydrogen (secondary N) is 2. The number of cyclic esters (lactones) is 1. The SMILES string of the molecule is CC(=C[C@@H]1CC(C)(C)OC1=O)NNC(N)=S. The molecule has 1 heterocycles. The Balaban J connectivity index is 2.56. The number of hydrogen-bond donors (Lipinski definition) is 3. The van der Waals surface area contributed by atoms with E-state index in [1.54, 1.807) is 0 Å². The van der Waals surface area contributed by atoms with Gasteiger partial charge in [0.15, 0.2) is 5.11 Å². The predicted molar refractivity (Wildman–Crippen MR) is 65.1 cm³/mol. The number of allylic oxidation sites excluding steroid dienone is 1. The van der Waals surface area contributed by atoms with Gasteiger partial charge in [0.2, 0.25) is 0 Å². The van der Waals surface area contributed by atoms with Gasteiger partial charge in [0.25, 0.3) is 0 Å². The highest BCUT2D eigenvalue weighted by Gasteiger charge is 2.38. The molecule has 5 nitrogen and oxygen atoms in total. The summed E-state index contributed by atoms with van der Waals surface area (Å²) in [5.41, 5.74) is 11.1. The van der Waals surface area contributed by atoms with Crippen LogP contribution in [0.5, 0.6) is 0 Å². The van der Waals surface area contributed by atoms with Crippen LogP contribution in [0.2, 0.25) is 0 Å². The topological polar surface area (TPSA) is 76.4 Å². The van der Waals surface area contributed by atoms with Crippen molar-refractivity contribution in [3.63, 3.8) is 0 Å². The molecule has 6 heteroatoms. The van der Waals surface area contributed by atoms with Crippen molar-refractivity contribution in [2.75, 3.05) is 0 Å². The van der Waals surface area contributed by atoms with Gasteiger partial charge in [-0.25, -0.2) is 0 Å². The van der Waals surface area contributed by atoms with Crippen molar-refractivity contribution in [1.29, 1.82) is 0 Å². The lowest BCUT2D eigenvalue weighted by molar-refractivity contribution is -0.147. The summed E-state index contributed by atoms with van der Waals surface area (Å²) in [5.74, 6) is -0.405. The van der Waals surface area contributed by atoms with E-state index in [2.05, 4.69) is 23.1 Å². The Hall–Kier alpha value is -1.30. The molecule has 4 N–H and O–H groups in total. The molecule has 1 aliphatic rings. The number of thiocarbonyl (C=S) groups is 1. The highest BCUT2D eigenvalue weighted by atomic mass is 32.1. The third-order valence-corrected chi connectivity index (χ3v) is 2.33. The highest BCUT2D eigenvalue weighted by Crippen LogP contribution is 2.31. The van der Waals surface area contributed by atoms with E-state index in [0.29, 0.717) is 6.42 Å². The molecule has 1 aliphatic heterocycles. The van der Waals surface area contributed by atoms with Gasteiger partial charge in [-0.1, -0.05) is 0 Å². The molecule has 0 amide bonds. The lowest BCUT2D eigenvalue weighted by Crippen LogP contribution is -2.39. The van der Waals surface area contributed by atoms with Crippen LogP contribution in [0.15, 0.2) is 11.8 Å². The van der Waals surface area contributed by atoms with Crippen molar-refractivity contribution in [2.45, 2.75) is 32.8 Å². The van der Waals surface area contributed by atoms with Gasteiger partial charge in [-0.05, 0) is 39.1 Å². The average Bonchev–Trinajstić information content (AvgIpc) is 2.36. The molecule has 0 spiro atoms. The fourth-order valence-electron chi connectivity index (χ4n) is 1.63. The fourth-order valence-corrected chi connectivity index (χ4v) is 1.68. The van der Waals surface area contributed by atoms with Crippen LogP contribution >= 0.6 is 12.2 Å². The van der Waals surface area contributed by atoms with Crippen molar-refractivity contribution >= 4 is 23.3 Å². The molecule has 0 saturated carbocycles. The molecule has 0 aliphatic carbocycles. The van der Waals surface area contributed by atoms with Crippen molar-refractivity contribution in [1.82, 2.24) is 10.9 Å². The van der Waals surface area contributed by atoms with E-state index in [-0.39, 0.29) is 22.6 Å². The molecule has 0 aromatic heterocycles. The van der Waals surface area contributed by atoms with E-state index >= 15 is 0 Å². The number of hydrazine groups is 1. The second kappa shape index (κ2) is 4.69. The smallest absolute Gasteiger partial charge is 0.313 e. The van der Waals surface area contributed by atoms with Gasteiger partial charge < -0.3 is 15.9 Å². The van der Waals surface area contributed by atoms with Crippen LogP contribution in [0.4, 0.5) is 0 Å². The first-order valence-corrected chi connectivity index (χ1v) is 5.44. The summed E-state index contributed by atoms with van der Waals surface area (Å²) < 4.78 is 5.21. The highest BCUT2D eigenvalue weighted by molar-refractivity contribution is 7.80. The standard InChI is InChI=1S/C10H17N3O2S/c1-6(12-13-9(11)16)4-7-5-10(2,3)15-8(7)14/h4,7,12H,5H2,1-3H3,(H3,11,13,16)/t7-/m1/s1. The molecule has 16 heavy (non-hydrogen) atoms. The first-order chi connectivity index (χ1) is 7.30. The third kappa shape index (κ3) is 3.69. The summed E-state index contributed by atoms with van der Waals surface area (Å²) in [4.78, 5) is 11.5. The Morgan fingerprint density at radius 1 is 1.62 bits per heavy atom. The molecular weight excluding hydrogens is 226 g/mol. The molecule has 1 rings (SSSR count). The molecule has 90 valence electrons. The van der Waals surface area contributed by atoms with E-state index in [1.807, 2.05) is 26.8 Å². The van der Waals surface area contributed by atoms with Crippen LogP contribution in [-0.4, -0.2) is 16.7 Å². The summed E-state index contributed by atoms with van der Waals surface area (Å²) in [5, 5.41) is 0.155. The number of hydrogen-bond acceptors (Lipinski definition) is 4. The first kappa shape index (κ1) is 12.8. The lowest BCUT2D eigenvalue weighted by atomic mass is 9.97. The summed E-state index contributed by atoms with van der Waals surface area (Å²) >= 11 is 4.64. The summed E-state index contributed by atoms with van der Waals surface area (Å²) in [6, 6.07) is 0. The minimum atomic E-state index is -0.380. The maximum atomic E-state index is 11.5. The Bertz CT molecular complexity index is 339. The quantitative estimate of drug-likeness (QED) is 0.382. The van der Waals surface area contributed by atoms with Gasteiger partial charge in [0.1, 0.15) is 5.60 Å². The third-order valence-electron chi connectivity index (χ3n) is 2.23. The van der Waals surface area contributed by atoms with Crippen LogP contribution in [-0.2, 0) is 9.53 Å². The molecule has 1 atom stereocenters. The van der Waals surface area contributed by atoms with Crippen molar-refractivity contribution in [3.8, 4) is 0 Å². The Morgan fingerprint density at radius 3 is 2.69 bits per heavy atom. The zero-order valence-corrected chi connectivity index (χ0v) is 10.5. The maximum Gasteiger partial charge on any atom is 0.313 e. The number of rotatable bonds is 3. The molecule has 0 radical (unpaired) electrons. The largest absolute Gasteiger partial charge is 0.459 e. The number of nitrogens with two attached hydrogens (primary N) is 1. The molecule has 1 saturated heterocycles. The second-order valence-electron chi connectivity index (χ2n) is 4.46. The number of ether oxygens (including phenoxy) is 1. The van der Waals surface area contributed by atoms with Crippen LogP contribution < -0.4 is 16.6 Å². The maximum absolute atomic E-state index is 11.5. The van der Waals surface area contributed by atoms with Gasteiger partial charge in [-0.2, -0.15) is 0 Å². The van der Waals surface area contributed by atoms with Crippen LogP contribution in [0.3, 0.4) is 0 Å². The molecule has 1 fully saturated rings. The minimum Gasteiger partial charge on any atom is -0.459 e. The predicted octanol–water partition coefficient (Wildman–Crippen LogP) is 0.570. The first-order valence-electron chi connectivity index (χ1n) is 5.03.